The highest BCUT2D eigenvalue weighted by Gasteiger charge is 2.51. The fraction of sp³-hybridized carbons (Fsp3) is 0.792. The summed E-state index contributed by atoms with van der Waals surface area (Å²) in [5.74, 6) is -1.17. The fourth-order valence-corrected chi connectivity index (χ4v) is 3.02. The quantitative estimate of drug-likeness (QED) is 0.315. The van der Waals surface area contributed by atoms with E-state index in [4.69, 9.17) is 18.9 Å². The fourth-order valence-electron chi connectivity index (χ4n) is 3.02. The molecule has 0 spiro atoms. The van der Waals surface area contributed by atoms with Crippen LogP contribution in [-0.4, -0.2) is 75.9 Å². The maximum Gasteiger partial charge on any atom is 0.414 e. The zero-order valence-corrected chi connectivity index (χ0v) is 23.7. The number of carbonyl (C=O) groups is 4. The summed E-state index contributed by atoms with van der Waals surface area (Å²) in [4.78, 5) is 54.3. The summed E-state index contributed by atoms with van der Waals surface area (Å²) in [6.07, 6.45) is -3.30. The van der Waals surface area contributed by atoms with Gasteiger partial charge in [0.1, 0.15) is 34.0 Å². The maximum absolute atomic E-state index is 13.0. The molecule has 4 N–H and O–H groups in total. The molecular weight excluding hydrogens is 488 g/mol. The summed E-state index contributed by atoms with van der Waals surface area (Å²) in [6.45, 7) is 17.3. The number of rotatable bonds is 4. The van der Waals surface area contributed by atoms with Gasteiger partial charge in [0.25, 0.3) is 0 Å². The predicted octanol–water partition coefficient (Wildman–Crippen LogP) is 2.74. The number of esters is 1. The van der Waals surface area contributed by atoms with E-state index in [0.29, 0.717) is 0 Å². The van der Waals surface area contributed by atoms with Crippen molar-refractivity contribution >= 4 is 30.2 Å². The topological polar surface area (TPSA) is 174 Å². The normalized spacial score (nSPS) is 21.1. The van der Waals surface area contributed by atoms with E-state index in [1.807, 2.05) is 0 Å². The van der Waals surface area contributed by atoms with Crippen molar-refractivity contribution in [2.24, 2.45) is 4.99 Å². The minimum absolute atomic E-state index is 0.331. The Morgan fingerprint density at radius 3 is 1.95 bits per heavy atom. The molecule has 13 nitrogen and oxygen atoms in total. The summed E-state index contributed by atoms with van der Waals surface area (Å²) in [5.41, 5.74) is -6.19. The van der Waals surface area contributed by atoms with E-state index in [1.165, 1.54) is 13.8 Å². The molecule has 1 rings (SSSR count). The molecular formula is C24H42N4O9. The molecule has 1 aliphatic rings. The Morgan fingerprint density at radius 1 is 0.973 bits per heavy atom. The lowest BCUT2D eigenvalue weighted by Crippen LogP contribution is -2.62. The van der Waals surface area contributed by atoms with Crippen LogP contribution in [-0.2, 0) is 23.7 Å². The largest absolute Gasteiger partial charge is 0.458 e. The van der Waals surface area contributed by atoms with Gasteiger partial charge in [-0.05, 0) is 76.2 Å². The van der Waals surface area contributed by atoms with E-state index >= 15 is 0 Å². The van der Waals surface area contributed by atoms with Crippen LogP contribution in [0.4, 0.5) is 14.4 Å². The molecule has 0 aromatic heterocycles. The van der Waals surface area contributed by atoms with Gasteiger partial charge in [0, 0.05) is 6.42 Å². The number of guanidine groups is 1. The first kappa shape index (κ1) is 31.9. The Hall–Kier alpha value is -3.09. The van der Waals surface area contributed by atoms with Crippen LogP contribution in [0.1, 0.15) is 82.6 Å². The second-order valence-electron chi connectivity index (χ2n) is 12.3. The number of cyclic esters (lactones) is 1. The van der Waals surface area contributed by atoms with Crippen LogP contribution in [0, 0.1) is 0 Å². The van der Waals surface area contributed by atoms with Crippen LogP contribution in [0.15, 0.2) is 4.99 Å². The SMILES string of the molecule is CC(C)(C)OC(=O)NC1=NCC(O)(CC(NC(=O)OC(C)(C)C)C(=O)OC(C)(C)C)C(C)(C)OC(=O)N1. The number of carbonyl (C=O) groups excluding carboxylic acids is 4. The van der Waals surface area contributed by atoms with Gasteiger partial charge in [-0.15, -0.1) is 0 Å². The third kappa shape index (κ3) is 11.2. The second-order valence-corrected chi connectivity index (χ2v) is 12.3. The van der Waals surface area contributed by atoms with Gasteiger partial charge in [-0.3, -0.25) is 10.6 Å². The lowest BCUT2D eigenvalue weighted by Gasteiger charge is -2.43. The summed E-state index contributed by atoms with van der Waals surface area (Å²) in [6, 6.07) is -1.40. The van der Waals surface area contributed by atoms with Gasteiger partial charge in [-0.25, -0.2) is 24.2 Å². The van der Waals surface area contributed by atoms with Crippen LogP contribution in [0.3, 0.4) is 0 Å². The number of amides is 3. The van der Waals surface area contributed by atoms with E-state index in [-0.39, 0.29) is 5.96 Å². The number of aliphatic hydroxyl groups is 1. The van der Waals surface area contributed by atoms with Crippen molar-refractivity contribution in [3.8, 4) is 0 Å². The molecule has 0 aliphatic carbocycles. The third-order valence-electron chi connectivity index (χ3n) is 4.73. The molecule has 37 heavy (non-hydrogen) atoms. The van der Waals surface area contributed by atoms with Crippen molar-refractivity contribution in [2.75, 3.05) is 6.54 Å². The molecule has 0 bridgehead atoms. The van der Waals surface area contributed by atoms with Crippen molar-refractivity contribution in [1.29, 1.82) is 0 Å². The van der Waals surface area contributed by atoms with Gasteiger partial charge in [0.2, 0.25) is 5.96 Å². The highest BCUT2D eigenvalue weighted by Crippen LogP contribution is 2.33. The molecule has 0 aromatic carbocycles. The third-order valence-corrected chi connectivity index (χ3v) is 4.73. The summed E-state index contributed by atoms with van der Waals surface area (Å²) in [5, 5.41) is 18.7. The van der Waals surface area contributed by atoms with E-state index in [2.05, 4.69) is 20.9 Å². The second kappa shape index (κ2) is 11.1. The number of nitrogens with zero attached hydrogens (tertiary/aromatic N) is 1. The van der Waals surface area contributed by atoms with E-state index in [1.54, 1.807) is 62.3 Å². The lowest BCUT2D eigenvalue weighted by molar-refractivity contribution is -0.165. The number of ether oxygens (including phenoxy) is 4. The molecule has 3 amide bonds. The van der Waals surface area contributed by atoms with E-state index in [0.717, 1.165) is 0 Å². The molecule has 1 heterocycles. The standard InChI is InChI=1S/C24H42N4O9/c1-20(2,3)34-15(29)14(26-17(30)35-21(4,5)6)12-24(33)13-25-16(27-18(31)36-22(7,8)9)28-19(32)37-23(24,10)11/h14,33H,12-13H2,1-11H3,(H,26,30)(H2,25,27,28,31,32). The number of hydrogen-bond acceptors (Lipinski definition) is 10. The summed E-state index contributed by atoms with van der Waals surface area (Å²) >= 11 is 0. The number of aliphatic imine (C=N–C) groups is 1. The Morgan fingerprint density at radius 2 is 1.46 bits per heavy atom. The highest BCUT2D eigenvalue weighted by atomic mass is 16.6. The van der Waals surface area contributed by atoms with Crippen LogP contribution in [0.2, 0.25) is 0 Å². The van der Waals surface area contributed by atoms with Crippen LogP contribution in [0.5, 0.6) is 0 Å². The zero-order chi connectivity index (χ0) is 29.0. The highest BCUT2D eigenvalue weighted by molar-refractivity contribution is 6.01. The molecule has 0 saturated heterocycles. The Labute approximate surface area is 218 Å². The van der Waals surface area contributed by atoms with Crippen LogP contribution < -0.4 is 16.0 Å². The van der Waals surface area contributed by atoms with Crippen LogP contribution in [0.25, 0.3) is 0 Å². The zero-order valence-electron chi connectivity index (χ0n) is 23.7. The first-order valence-corrected chi connectivity index (χ1v) is 11.9. The monoisotopic (exact) mass is 530 g/mol. The van der Waals surface area contributed by atoms with Crippen molar-refractivity contribution in [3.63, 3.8) is 0 Å². The molecule has 1 aliphatic heterocycles. The van der Waals surface area contributed by atoms with Gasteiger partial charge < -0.3 is 29.4 Å². The molecule has 212 valence electrons. The van der Waals surface area contributed by atoms with Gasteiger partial charge in [-0.1, -0.05) is 0 Å². The summed E-state index contributed by atoms with van der Waals surface area (Å²) < 4.78 is 21.3. The first-order chi connectivity index (χ1) is 16.4. The number of nitrogens with one attached hydrogen (secondary N) is 3. The molecule has 0 fully saturated rings. The Bertz CT molecular complexity index is 911. The molecule has 0 aromatic rings. The minimum Gasteiger partial charge on any atom is -0.458 e. The van der Waals surface area contributed by atoms with E-state index < -0.39 is 71.3 Å². The Balaban J connectivity index is 3.32. The van der Waals surface area contributed by atoms with Crippen molar-refractivity contribution in [2.45, 2.75) is 117 Å². The number of alkyl carbamates (subject to hydrolysis) is 3. The Kier molecular flexibility index (Phi) is 9.59. The average molecular weight is 531 g/mol. The minimum atomic E-state index is -2.01. The van der Waals surface area contributed by atoms with Crippen LogP contribution >= 0.6 is 0 Å². The molecule has 2 unspecified atom stereocenters. The first-order valence-electron chi connectivity index (χ1n) is 11.9. The van der Waals surface area contributed by atoms with Gasteiger partial charge in [0.05, 0.1) is 6.54 Å². The maximum atomic E-state index is 13.0. The van der Waals surface area contributed by atoms with Crippen molar-refractivity contribution < 1.29 is 43.2 Å². The smallest absolute Gasteiger partial charge is 0.414 e. The average Bonchev–Trinajstić information content (AvgIpc) is 2.59. The molecule has 2 atom stereocenters. The van der Waals surface area contributed by atoms with Crippen molar-refractivity contribution in [1.82, 2.24) is 16.0 Å². The predicted molar refractivity (Wildman–Crippen MR) is 134 cm³/mol. The van der Waals surface area contributed by atoms with Gasteiger partial charge in [0.15, 0.2) is 0 Å². The number of hydrogen-bond donors (Lipinski definition) is 4. The summed E-state index contributed by atoms with van der Waals surface area (Å²) in [7, 11) is 0. The molecule has 13 heteroatoms. The van der Waals surface area contributed by atoms with Gasteiger partial charge >= 0.3 is 24.2 Å². The molecule has 0 saturated carbocycles. The lowest BCUT2D eigenvalue weighted by atomic mass is 9.80. The van der Waals surface area contributed by atoms with E-state index in [9.17, 15) is 24.3 Å². The molecule has 0 radical (unpaired) electrons. The van der Waals surface area contributed by atoms with Gasteiger partial charge in [-0.2, -0.15) is 0 Å². The van der Waals surface area contributed by atoms with Crippen molar-refractivity contribution in [3.05, 3.63) is 0 Å².